The number of nitrogens with zero attached hydrogens (tertiary/aromatic N) is 3. The highest BCUT2D eigenvalue weighted by atomic mass is 35.5. The quantitative estimate of drug-likeness (QED) is 0.516. The van der Waals surface area contributed by atoms with Gasteiger partial charge in [-0.2, -0.15) is 0 Å². The van der Waals surface area contributed by atoms with Crippen LogP contribution in [0, 0.1) is 0 Å². The first-order valence-corrected chi connectivity index (χ1v) is 11.8. The number of likely N-dealkylation sites (tertiary alicyclic amines) is 1. The largest absolute Gasteiger partial charge is 0.354 e. The Morgan fingerprint density at radius 1 is 0.970 bits per heavy atom. The van der Waals surface area contributed by atoms with Gasteiger partial charge in [-0.05, 0) is 69.1 Å². The third kappa shape index (κ3) is 5.37. The molecular formula is C25H29ClN4O3. The minimum atomic E-state index is -0.705. The van der Waals surface area contributed by atoms with E-state index in [0.717, 1.165) is 25.1 Å². The molecule has 1 aromatic heterocycles. The van der Waals surface area contributed by atoms with Crippen LogP contribution in [0.1, 0.15) is 31.7 Å². The first kappa shape index (κ1) is 23.3. The molecule has 3 aromatic rings. The van der Waals surface area contributed by atoms with Crippen molar-refractivity contribution in [2.24, 2.45) is 0 Å². The molecule has 0 saturated carbocycles. The SMILES string of the molecule is CC(CCNC(=O)Cn1c(=O)c(=O)n(Cc2ccc(Cl)cc2)c2ccccc21)N1CCCC1. The van der Waals surface area contributed by atoms with Crippen molar-refractivity contribution in [2.75, 3.05) is 19.6 Å². The topological polar surface area (TPSA) is 76.3 Å². The van der Waals surface area contributed by atoms with Gasteiger partial charge in [-0.25, -0.2) is 0 Å². The van der Waals surface area contributed by atoms with E-state index in [0.29, 0.717) is 28.6 Å². The second-order valence-corrected chi connectivity index (χ2v) is 9.06. The maximum atomic E-state index is 13.0. The second kappa shape index (κ2) is 10.4. The van der Waals surface area contributed by atoms with Crippen LogP contribution in [-0.4, -0.2) is 45.6 Å². The van der Waals surface area contributed by atoms with Crippen LogP contribution in [0.25, 0.3) is 11.0 Å². The first-order chi connectivity index (χ1) is 15.9. The van der Waals surface area contributed by atoms with E-state index in [2.05, 4.69) is 17.1 Å². The highest BCUT2D eigenvalue weighted by molar-refractivity contribution is 6.30. The van der Waals surface area contributed by atoms with Crippen LogP contribution >= 0.6 is 11.6 Å². The third-order valence-electron chi connectivity index (χ3n) is 6.34. The lowest BCUT2D eigenvalue weighted by Crippen LogP contribution is -2.44. The fourth-order valence-corrected chi connectivity index (χ4v) is 4.57. The predicted octanol–water partition coefficient (Wildman–Crippen LogP) is 2.86. The maximum Gasteiger partial charge on any atom is 0.317 e. The van der Waals surface area contributed by atoms with Crippen molar-refractivity contribution in [2.45, 2.75) is 45.3 Å². The molecule has 4 rings (SSSR count). The van der Waals surface area contributed by atoms with Crippen molar-refractivity contribution in [3.8, 4) is 0 Å². The number of para-hydroxylation sites is 2. The van der Waals surface area contributed by atoms with Crippen LogP contribution in [-0.2, 0) is 17.9 Å². The Kier molecular flexibility index (Phi) is 7.30. The molecule has 1 fully saturated rings. The average molecular weight is 469 g/mol. The van der Waals surface area contributed by atoms with Gasteiger partial charge in [0.15, 0.2) is 0 Å². The number of halogens is 1. The molecular weight excluding hydrogens is 440 g/mol. The maximum absolute atomic E-state index is 13.0. The van der Waals surface area contributed by atoms with E-state index in [1.54, 1.807) is 30.3 Å². The van der Waals surface area contributed by atoms with Gasteiger partial charge in [-0.3, -0.25) is 23.5 Å². The number of nitrogens with one attached hydrogen (secondary N) is 1. The minimum absolute atomic E-state index is 0.186. The highest BCUT2D eigenvalue weighted by Crippen LogP contribution is 2.15. The second-order valence-electron chi connectivity index (χ2n) is 8.63. The molecule has 1 aliphatic rings. The van der Waals surface area contributed by atoms with E-state index in [4.69, 9.17) is 11.6 Å². The van der Waals surface area contributed by atoms with E-state index in [9.17, 15) is 14.4 Å². The number of hydrogen-bond donors (Lipinski definition) is 1. The van der Waals surface area contributed by atoms with Gasteiger partial charge in [0.25, 0.3) is 0 Å². The molecule has 174 valence electrons. The van der Waals surface area contributed by atoms with Gasteiger partial charge in [0, 0.05) is 17.6 Å². The Balaban J connectivity index is 1.52. The predicted molar refractivity (Wildman–Crippen MR) is 131 cm³/mol. The number of carbonyl (C=O) groups excluding carboxylic acids is 1. The van der Waals surface area contributed by atoms with Crippen molar-refractivity contribution in [3.63, 3.8) is 0 Å². The Morgan fingerprint density at radius 3 is 2.24 bits per heavy atom. The fourth-order valence-electron chi connectivity index (χ4n) is 4.44. The van der Waals surface area contributed by atoms with Crippen molar-refractivity contribution in [1.29, 1.82) is 0 Å². The smallest absolute Gasteiger partial charge is 0.317 e. The molecule has 0 aliphatic carbocycles. The lowest BCUT2D eigenvalue weighted by atomic mass is 10.2. The van der Waals surface area contributed by atoms with E-state index in [-0.39, 0.29) is 19.0 Å². The summed E-state index contributed by atoms with van der Waals surface area (Å²) in [4.78, 5) is 41.0. The van der Waals surface area contributed by atoms with Crippen LogP contribution in [0.2, 0.25) is 5.02 Å². The molecule has 7 nitrogen and oxygen atoms in total. The molecule has 1 unspecified atom stereocenters. The summed E-state index contributed by atoms with van der Waals surface area (Å²) in [6, 6.07) is 14.7. The zero-order valence-corrected chi connectivity index (χ0v) is 19.6. The number of amides is 1. The Bertz CT molecular complexity index is 1240. The van der Waals surface area contributed by atoms with Gasteiger partial charge in [0.05, 0.1) is 17.6 Å². The molecule has 1 atom stereocenters. The standard InChI is InChI=1S/C25H29ClN4O3/c1-18(28-14-4-5-15-28)12-13-27-23(31)17-30-22-7-3-2-6-21(22)29(24(32)25(30)33)16-19-8-10-20(26)11-9-19/h2-3,6-11,18H,4-5,12-17H2,1H3,(H,27,31). The summed E-state index contributed by atoms with van der Waals surface area (Å²) in [5.41, 5.74) is 0.653. The molecule has 1 saturated heterocycles. The van der Waals surface area contributed by atoms with Gasteiger partial charge in [0.2, 0.25) is 5.91 Å². The fraction of sp³-hybridized carbons (Fsp3) is 0.400. The van der Waals surface area contributed by atoms with Gasteiger partial charge in [-0.15, -0.1) is 0 Å². The zero-order chi connectivity index (χ0) is 23.4. The Morgan fingerprint density at radius 2 is 1.58 bits per heavy atom. The van der Waals surface area contributed by atoms with Gasteiger partial charge in [0.1, 0.15) is 6.54 Å². The highest BCUT2D eigenvalue weighted by Gasteiger charge is 2.19. The lowest BCUT2D eigenvalue weighted by Gasteiger charge is -2.23. The first-order valence-electron chi connectivity index (χ1n) is 11.4. The summed E-state index contributed by atoms with van der Waals surface area (Å²) in [6.07, 6.45) is 3.32. The normalized spacial score (nSPS) is 15.1. The summed E-state index contributed by atoms with van der Waals surface area (Å²) < 4.78 is 2.72. The number of carbonyl (C=O) groups is 1. The van der Waals surface area contributed by atoms with Crippen LogP contribution in [0.15, 0.2) is 58.1 Å². The Hall–Kier alpha value is -2.90. The Labute approximate surface area is 197 Å². The molecule has 1 N–H and O–H groups in total. The van der Waals surface area contributed by atoms with E-state index >= 15 is 0 Å². The van der Waals surface area contributed by atoms with Crippen LogP contribution in [0.4, 0.5) is 0 Å². The third-order valence-corrected chi connectivity index (χ3v) is 6.59. The summed E-state index contributed by atoms with van der Waals surface area (Å²) in [5, 5.41) is 3.51. The summed E-state index contributed by atoms with van der Waals surface area (Å²) >= 11 is 5.96. The van der Waals surface area contributed by atoms with Crippen LogP contribution < -0.4 is 16.4 Å². The molecule has 1 aliphatic heterocycles. The van der Waals surface area contributed by atoms with Crippen molar-refractivity contribution in [3.05, 3.63) is 79.8 Å². The molecule has 0 radical (unpaired) electrons. The molecule has 1 amide bonds. The number of aromatic nitrogens is 2. The lowest BCUT2D eigenvalue weighted by molar-refractivity contribution is -0.121. The number of fused-ring (bicyclic) bond motifs is 1. The number of rotatable bonds is 8. The summed E-state index contributed by atoms with van der Waals surface area (Å²) in [6.45, 7) is 5.00. The molecule has 2 heterocycles. The minimum Gasteiger partial charge on any atom is -0.354 e. The molecule has 33 heavy (non-hydrogen) atoms. The van der Waals surface area contributed by atoms with Crippen LogP contribution in [0.3, 0.4) is 0 Å². The van der Waals surface area contributed by atoms with Crippen molar-refractivity contribution in [1.82, 2.24) is 19.4 Å². The molecule has 2 aromatic carbocycles. The van der Waals surface area contributed by atoms with E-state index < -0.39 is 11.1 Å². The average Bonchev–Trinajstić information content (AvgIpc) is 3.36. The summed E-state index contributed by atoms with van der Waals surface area (Å²) in [5.74, 6) is -0.272. The zero-order valence-electron chi connectivity index (χ0n) is 18.8. The number of hydrogen-bond acceptors (Lipinski definition) is 4. The van der Waals surface area contributed by atoms with E-state index in [1.807, 2.05) is 18.2 Å². The van der Waals surface area contributed by atoms with Crippen molar-refractivity contribution >= 4 is 28.5 Å². The van der Waals surface area contributed by atoms with Gasteiger partial charge in [-0.1, -0.05) is 35.9 Å². The van der Waals surface area contributed by atoms with Gasteiger partial charge >= 0.3 is 11.1 Å². The molecule has 0 bridgehead atoms. The van der Waals surface area contributed by atoms with Gasteiger partial charge < -0.3 is 10.2 Å². The van der Waals surface area contributed by atoms with Crippen molar-refractivity contribution < 1.29 is 4.79 Å². The monoisotopic (exact) mass is 468 g/mol. The number of benzene rings is 2. The van der Waals surface area contributed by atoms with E-state index in [1.165, 1.54) is 22.0 Å². The summed E-state index contributed by atoms with van der Waals surface area (Å²) in [7, 11) is 0. The van der Waals surface area contributed by atoms with Crippen LogP contribution in [0.5, 0.6) is 0 Å². The molecule has 8 heteroatoms. The molecule has 0 spiro atoms.